The number of nitrogens with one attached hydrogen (secondary N) is 1. The van der Waals surface area contributed by atoms with Gasteiger partial charge >= 0.3 is 6.09 Å². The first-order valence-corrected chi connectivity index (χ1v) is 6.06. The molecule has 0 radical (unpaired) electrons. The molecule has 1 saturated heterocycles. The maximum absolute atomic E-state index is 11.6. The lowest BCUT2D eigenvalue weighted by Crippen LogP contribution is -2.64. The molecule has 1 fully saturated rings. The van der Waals surface area contributed by atoms with E-state index in [0.717, 1.165) is 25.9 Å². The molecular formula is C12H24N2O3. The molecule has 0 aromatic carbocycles. The van der Waals surface area contributed by atoms with Gasteiger partial charge < -0.3 is 15.2 Å². The molecule has 0 aromatic heterocycles. The van der Waals surface area contributed by atoms with Gasteiger partial charge in [-0.3, -0.25) is 4.90 Å². The molecule has 2 N–H and O–H groups in total. The zero-order valence-electron chi connectivity index (χ0n) is 11.2. The third-order valence-electron chi connectivity index (χ3n) is 3.28. The van der Waals surface area contributed by atoms with Crippen LogP contribution in [-0.4, -0.2) is 54.0 Å². The topological polar surface area (TPSA) is 61.8 Å². The predicted molar refractivity (Wildman–Crippen MR) is 66.3 cm³/mol. The van der Waals surface area contributed by atoms with Crippen LogP contribution in [0.25, 0.3) is 0 Å². The highest BCUT2D eigenvalue weighted by Crippen LogP contribution is 2.33. The van der Waals surface area contributed by atoms with Gasteiger partial charge in [0.15, 0.2) is 0 Å². The first-order valence-electron chi connectivity index (χ1n) is 6.06. The van der Waals surface area contributed by atoms with Crippen molar-refractivity contribution in [2.75, 3.05) is 26.8 Å². The van der Waals surface area contributed by atoms with Gasteiger partial charge in [-0.05, 0) is 46.7 Å². The monoisotopic (exact) mass is 244 g/mol. The van der Waals surface area contributed by atoms with E-state index in [9.17, 15) is 9.90 Å². The highest BCUT2D eigenvalue weighted by molar-refractivity contribution is 5.67. The Kier molecular flexibility index (Phi) is 4.38. The number of methoxy groups -OCH3 is 1. The van der Waals surface area contributed by atoms with Gasteiger partial charge in [0.2, 0.25) is 0 Å². The zero-order chi connectivity index (χ0) is 13.1. The van der Waals surface area contributed by atoms with E-state index in [0.29, 0.717) is 6.61 Å². The molecule has 5 heteroatoms. The van der Waals surface area contributed by atoms with Gasteiger partial charge in [0.25, 0.3) is 0 Å². The van der Waals surface area contributed by atoms with E-state index in [-0.39, 0.29) is 0 Å². The number of hydrogen-bond acceptors (Lipinski definition) is 3. The summed E-state index contributed by atoms with van der Waals surface area (Å²) < 4.78 is 5.28. The average molecular weight is 244 g/mol. The molecule has 0 saturated carbocycles. The minimum absolute atomic E-state index is 0.399. The van der Waals surface area contributed by atoms with Crippen LogP contribution in [-0.2, 0) is 4.74 Å². The first-order chi connectivity index (χ1) is 7.83. The smallest absolute Gasteiger partial charge is 0.408 e. The molecule has 0 aromatic rings. The number of amides is 1. The number of piperidine rings is 1. The second-order valence-electron chi connectivity index (χ2n) is 5.70. The maximum Gasteiger partial charge on any atom is 0.408 e. The molecular weight excluding hydrogens is 220 g/mol. The predicted octanol–water partition coefficient (Wildman–Crippen LogP) is 1.53. The second-order valence-corrected chi connectivity index (χ2v) is 5.70. The fourth-order valence-electron chi connectivity index (χ4n) is 2.79. The van der Waals surface area contributed by atoms with Gasteiger partial charge in [-0.25, -0.2) is 4.79 Å². The van der Waals surface area contributed by atoms with E-state index < -0.39 is 17.2 Å². The third-order valence-corrected chi connectivity index (χ3v) is 3.28. The number of carbonyl (C=O) groups is 1. The molecule has 0 unspecified atom stereocenters. The molecule has 0 spiro atoms. The molecule has 0 bridgehead atoms. The average Bonchev–Trinajstić information content (AvgIpc) is 2.15. The van der Waals surface area contributed by atoms with Gasteiger partial charge in [-0.15, -0.1) is 0 Å². The van der Waals surface area contributed by atoms with E-state index in [2.05, 4.69) is 5.32 Å². The van der Waals surface area contributed by atoms with Crippen LogP contribution in [0.15, 0.2) is 0 Å². The molecule has 5 nitrogen and oxygen atoms in total. The quantitative estimate of drug-likeness (QED) is 0.790. The Morgan fingerprint density at radius 1 is 1.41 bits per heavy atom. The third kappa shape index (κ3) is 3.10. The zero-order valence-corrected chi connectivity index (χ0v) is 11.2. The molecule has 100 valence electrons. The van der Waals surface area contributed by atoms with Gasteiger partial charge in [0.1, 0.15) is 0 Å². The van der Waals surface area contributed by atoms with E-state index in [4.69, 9.17) is 4.74 Å². The number of rotatable bonds is 3. The van der Waals surface area contributed by atoms with Crippen molar-refractivity contribution in [3.8, 4) is 0 Å². The number of hydrogen-bond donors (Lipinski definition) is 2. The van der Waals surface area contributed by atoms with Crippen LogP contribution in [0.5, 0.6) is 0 Å². The molecule has 17 heavy (non-hydrogen) atoms. The summed E-state index contributed by atoms with van der Waals surface area (Å²) in [6.07, 6.45) is 0.728. The van der Waals surface area contributed by atoms with Crippen LogP contribution >= 0.6 is 0 Å². The van der Waals surface area contributed by atoms with Gasteiger partial charge in [0.05, 0.1) is 12.1 Å². The van der Waals surface area contributed by atoms with Crippen molar-refractivity contribution in [2.24, 2.45) is 0 Å². The van der Waals surface area contributed by atoms with E-state index in [1.165, 1.54) is 0 Å². The highest BCUT2D eigenvalue weighted by Gasteiger charge is 2.46. The summed E-state index contributed by atoms with van der Waals surface area (Å²) in [4.78, 5) is 13.1. The molecule has 1 aliphatic heterocycles. The van der Waals surface area contributed by atoms with E-state index >= 15 is 0 Å². The molecule has 0 atom stereocenters. The number of carboxylic acid groups (broad SMARTS) is 1. The Bertz CT molecular complexity index is 262. The minimum Gasteiger partial charge on any atom is -0.465 e. The van der Waals surface area contributed by atoms with Crippen LogP contribution in [0.2, 0.25) is 0 Å². The van der Waals surface area contributed by atoms with Crippen LogP contribution in [0.3, 0.4) is 0 Å². The molecule has 1 heterocycles. The van der Waals surface area contributed by atoms with Crippen molar-refractivity contribution in [1.29, 1.82) is 0 Å². The van der Waals surface area contributed by atoms with E-state index in [1.54, 1.807) is 12.0 Å². The van der Waals surface area contributed by atoms with E-state index in [1.807, 2.05) is 20.8 Å². The summed E-state index contributed by atoms with van der Waals surface area (Å²) in [7, 11) is 1.63. The number of nitrogens with zero attached hydrogens (tertiary/aromatic N) is 1. The largest absolute Gasteiger partial charge is 0.465 e. The summed E-state index contributed by atoms with van der Waals surface area (Å²) in [6.45, 7) is 7.92. The van der Waals surface area contributed by atoms with Crippen LogP contribution < -0.4 is 5.32 Å². The van der Waals surface area contributed by atoms with Crippen LogP contribution in [0.4, 0.5) is 4.79 Å². The number of ether oxygens (including phenoxy) is 1. The van der Waals surface area contributed by atoms with Crippen molar-refractivity contribution in [1.82, 2.24) is 10.2 Å². The van der Waals surface area contributed by atoms with Gasteiger partial charge in [-0.2, -0.15) is 0 Å². The summed E-state index contributed by atoms with van der Waals surface area (Å²) in [6, 6.07) is 0. The maximum atomic E-state index is 11.6. The summed E-state index contributed by atoms with van der Waals surface area (Å²) in [5.41, 5.74) is -0.814. The molecule has 1 rings (SSSR count). The second kappa shape index (κ2) is 5.23. The summed E-state index contributed by atoms with van der Waals surface area (Å²) in [5.74, 6) is 0. The highest BCUT2D eigenvalue weighted by atomic mass is 16.5. The Labute approximate surface area is 103 Å². The minimum atomic E-state index is -0.864. The molecule has 0 aliphatic carbocycles. The normalized spacial score (nSPS) is 20.0. The lowest BCUT2D eigenvalue weighted by Gasteiger charge is -2.50. The van der Waals surface area contributed by atoms with Crippen molar-refractivity contribution >= 4 is 6.09 Å². The fourth-order valence-corrected chi connectivity index (χ4v) is 2.79. The standard InChI is InChI=1S/C12H24N2O3/c1-11(2,3)14(10(15)16)12(9-17-4)5-7-13-8-6-12/h13H,5-9H2,1-4H3,(H,15,16). The Balaban J connectivity index is 3.04. The Hall–Kier alpha value is -0.810. The van der Waals surface area contributed by atoms with Crippen molar-refractivity contribution < 1.29 is 14.6 Å². The fraction of sp³-hybridized carbons (Fsp3) is 0.917. The Morgan fingerprint density at radius 2 is 1.94 bits per heavy atom. The van der Waals surface area contributed by atoms with Crippen LogP contribution in [0.1, 0.15) is 33.6 Å². The van der Waals surface area contributed by atoms with Crippen molar-refractivity contribution in [2.45, 2.75) is 44.7 Å². The SMILES string of the molecule is COCC1(N(C(=O)O)C(C)(C)C)CCNCC1. The van der Waals surface area contributed by atoms with Crippen molar-refractivity contribution in [3.05, 3.63) is 0 Å². The lowest BCUT2D eigenvalue weighted by atomic mass is 9.84. The summed E-state index contributed by atoms with van der Waals surface area (Å²) in [5, 5.41) is 12.8. The van der Waals surface area contributed by atoms with Gasteiger partial charge in [0, 0.05) is 12.6 Å². The Morgan fingerprint density at radius 3 is 2.29 bits per heavy atom. The summed E-state index contributed by atoms with van der Waals surface area (Å²) >= 11 is 0. The molecule has 1 aliphatic rings. The molecule has 1 amide bonds. The lowest BCUT2D eigenvalue weighted by molar-refractivity contribution is -0.0427. The first kappa shape index (κ1) is 14.3. The van der Waals surface area contributed by atoms with Gasteiger partial charge in [-0.1, -0.05) is 0 Å². The van der Waals surface area contributed by atoms with Crippen LogP contribution in [0, 0.1) is 0 Å². The van der Waals surface area contributed by atoms with Crippen molar-refractivity contribution in [3.63, 3.8) is 0 Å².